The summed E-state index contributed by atoms with van der Waals surface area (Å²) in [5.41, 5.74) is 0.760. The first kappa shape index (κ1) is 24.0. The molecule has 0 saturated heterocycles. The molecule has 0 aliphatic heterocycles. The molecule has 1 heterocycles. The molecule has 0 atom stereocenters. The van der Waals surface area contributed by atoms with Crippen LogP contribution in [0.15, 0.2) is 41.5 Å². The van der Waals surface area contributed by atoms with E-state index >= 15 is 0 Å². The number of benzene rings is 1. The summed E-state index contributed by atoms with van der Waals surface area (Å²) in [6, 6.07) is 7.48. The molecule has 0 saturated carbocycles. The zero-order valence-corrected chi connectivity index (χ0v) is 16.7. The van der Waals surface area contributed by atoms with Crippen LogP contribution in [0.4, 0.5) is 22.0 Å². The highest BCUT2D eigenvalue weighted by Gasteiger charge is 2.29. The first-order valence-corrected chi connectivity index (χ1v) is 8.91. The van der Waals surface area contributed by atoms with E-state index in [1.54, 1.807) is 12.1 Å². The number of nitrogens with one attached hydrogen (secondary N) is 2. The van der Waals surface area contributed by atoms with Crippen LogP contribution in [0.25, 0.3) is 0 Å². The molecule has 12 heteroatoms. The fourth-order valence-corrected chi connectivity index (χ4v) is 2.45. The number of rotatable bonds is 9. The summed E-state index contributed by atoms with van der Waals surface area (Å²) < 4.78 is 76.8. The highest BCUT2D eigenvalue weighted by atomic mass is 19.4. The van der Waals surface area contributed by atoms with Gasteiger partial charge in [-0.15, -0.1) is 0 Å². The summed E-state index contributed by atoms with van der Waals surface area (Å²) in [6.07, 6.45) is -3.18. The Morgan fingerprint density at radius 2 is 1.84 bits per heavy atom. The van der Waals surface area contributed by atoms with Crippen molar-refractivity contribution in [2.24, 2.45) is 4.99 Å². The van der Waals surface area contributed by atoms with Crippen molar-refractivity contribution in [3.05, 3.63) is 47.7 Å². The minimum Gasteiger partial charge on any atom is -0.497 e. The largest absolute Gasteiger partial charge is 0.497 e. The molecular weight excluding hydrogens is 427 g/mol. The van der Waals surface area contributed by atoms with Gasteiger partial charge in [0.2, 0.25) is 5.88 Å². The van der Waals surface area contributed by atoms with E-state index < -0.39 is 19.4 Å². The van der Waals surface area contributed by atoms with Gasteiger partial charge >= 0.3 is 12.8 Å². The zero-order chi connectivity index (χ0) is 22.9. The maximum atomic E-state index is 12.6. The van der Waals surface area contributed by atoms with Gasteiger partial charge in [0.15, 0.2) is 12.6 Å². The zero-order valence-electron chi connectivity index (χ0n) is 16.7. The summed E-state index contributed by atoms with van der Waals surface area (Å²) in [6.45, 7) is -4.35. The van der Waals surface area contributed by atoms with Gasteiger partial charge in [0.05, 0.1) is 7.11 Å². The lowest BCUT2D eigenvalue weighted by molar-refractivity contribution is -0.154. The molecule has 0 amide bonds. The minimum atomic E-state index is -4.49. The molecule has 0 aliphatic carbocycles. The predicted molar refractivity (Wildman–Crippen MR) is 102 cm³/mol. The number of ether oxygens (including phenoxy) is 3. The summed E-state index contributed by atoms with van der Waals surface area (Å²) >= 11 is 0. The summed E-state index contributed by atoms with van der Waals surface area (Å²) in [7, 11) is 2.91. The summed E-state index contributed by atoms with van der Waals surface area (Å²) in [4.78, 5) is 7.81. The number of aromatic nitrogens is 1. The van der Waals surface area contributed by atoms with Crippen molar-refractivity contribution >= 4 is 5.96 Å². The Hall–Kier alpha value is -3.31. The van der Waals surface area contributed by atoms with Crippen LogP contribution in [-0.2, 0) is 13.1 Å². The minimum absolute atomic E-state index is 0.0335. The standard InChI is InChI=1S/C19H21F5N4O3/c1-25-18(27-9-12-4-3-7-26-16(12)30-11-19(22,23)24)28-10-13-8-14(29-2)5-6-15(13)31-17(20)21/h3-8,17H,9-11H2,1-2H3,(H2,25,27,28). The van der Waals surface area contributed by atoms with Crippen LogP contribution < -0.4 is 24.8 Å². The van der Waals surface area contributed by atoms with E-state index in [0.29, 0.717) is 16.9 Å². The molecule has 170 valence electrons. The van der Waals surface area contributed by atoms with Crippen molar-refractivity contribution in [3.8, 4) is 17.4 Å². The second kappa shape index (κ2) is 11.2. The van der Waals surface area contributed by atoms with Gasteiger partial charge in [-0.2, -0.15) is 22.0 Å². The molecule has 2 aromatic rings. The van der Waals surface area contributed by atoms with Crippen LogP contribution in [-0.4, -0.2) is 44.5 Å². The molecule has 0 radical (unpaired) electrons. The Morgan fingerprint density at radius 1 is 1.13 bits per heavy atom. The Balaban J connectivity index is 2.02. The highest BCUT2D eigenvalue weighted by Crippen LogP contribution is 2.25. The fraction of sp³-hybridized carbons (Fsp3) is 0.368. The molecule has 1 aromatic carbocycles. The summed E-state index contributed by atoms with van der Waals surface area (Å²) in [5.74, 6) is 0.511. The number of halogens is 5. The number of hydrogen-bond acceptors (Lipinski definition) is 5. The maximum absolute atomic E-state index is 12.6. The normalized spacial score (nSPS) is 11.9. The monoisotopic (exact) mass is 448 g/mol. The molecule has 2 rings (SSSR count). The Kier molecular flexibility index (Phi) is 8.64. The first-order chi connectivity index (χ1) is 14.7. The Bertz CT molecular complexity index is 878. The third kappa shape index (κ3) is 8.15. The van der Waals surface area contributed by atoms with Crippen molar-refractivity contribution in [2.75, 3.05) is 20.8 Å². The van der Waals surface area contributed by atoms with Crippen LogP contribution in [0.1, 0.15) is 11.1 Å². The lowest BCUT2D eigenvalue weighted by atomic mass is 10.2. The molecule has 0 aliphatic rings. The number of hydrogen-bond donors (Lipinski definition) is 2. The van der Waals surface area contributed by atoms with E-state index in [1.165, 1.54) is 38.6 Å². The van der Waals surface area contributed by atoms with Crippen LogP contribution in [0.3, 0.4) is 0 Å². The van der Waals surface area contributed by atoms with Crippen molar-refractivity contribution in [3.63, 3.8) is 0 Å². The number of guanidine groups is 1. The van der Waals surface area contributed by atoms with Gasteiger partial charge in [-0.05, 0) is 24.3 Å². The third-order valence-electron chi connectivity index (χ3n) is 3.82. The Labute approximate surface area is 175 Å². The van der Waals surface area contributed by atoms with E-state index in [9.17, 15) is 22.0 Å². The average molecular weight is 448 g/mol. The van der Waals surface area contributed by atoms with Crippen molar-refractivity contribution in [2.45, 2.75) is 25.9 Å². The van der Waals surface area contributed by atoms with Crippen molar-refractivity contribution < 1.29 is 36.2 Å². The van der Waals surface area contributed by atoms with Gasteiger partial charge in [-0.3, -0.25) is 4.99 Å². The van der Waals surface area contributed by atoms with E-state index in [-0.39, 0.29) is 30.7 Å². The number of nitrogens with zero attached hydrogens (tertiary/aromatic N) is 2. The predicted octanol–water partition coefficient (Wildman–Crippen LogP) is 3.50. The van der Waals surface area contributed by atoms with Crippen LogP contribution in [0.5, 0.6) is 17.4 Å². The topological polar surface area (TPSA) is 77.0 Å². The Morgan fingerprint density at radius 3 is 2.45 bits per heavy atom. The number of aliphatic imine (C=N–C) groups is 1. The van der Waals surface area contributed by atoms with E-state index in [0.717, 1.165) is 0 Å². The molecule has 0 bridgehead atoms. The quantitative estimate of drug-likeness (QED) is 0.348. The van der Waals surface area contributed by atoms with Crippen LogP contribution in [0, 0.1) is 0 Å². The van der Waals surface area contributed by atoms with Gasteiger partial charge < -0.3 is 24.8 Å². The molecule has 1 aromatic heterocycles. The summed E-state index contributed by atoms with van der Waals surface area (Å²) in [5, 5.41) is 5.81. The van der Waals surface area contributed by atoms with E-state index in [1.807, 2.05) is 0 Å². The molecular formula is C19H21F5N4O3. The smallest absolute Gasteiger partial charge is 0.422 e. The van der Waals surface area contributed by atoms with Gasteiger partial charge in [0, 0.05) is 37.5 Å². The third-order valence-corrected chi connectivity index (χ3v) is 3.82. The van der Waals surface area contributed by atoms with Crippen LogP contribution >= 0.6 is 0 Å². The number of methoxy groups -OCH3 is 1. The van der Waals surface area contributed by atoms with Gasteiger partial charge in [-0.25, -0.2) is 4.98 Å². The second-order valence-corrected chi connectivity index (χ2v) is 6.00. The van der Waals surface area contributed by atoms with Crippen molar-refractivity contribution in [1.82, 2.24) is 15.6 Å². The molecule has 7 nitrogen and oxygen atoms in total. The lowest BCUT2D eigenvalue weighted by Gasteiger charge is -2.16. The molecule has 0 fully saturated rings. The molecule has 31 heavy (non-hydrogen) atoms. The number of alkyl halides is 5. The average Bonchev–Trinajstić information content (AvgIpc) is 2.73. The molecule has 2 N–H and O–H groups in total. The lowest BCUT2D eigenvalue weighted by Crippen LogP contribution is -2.36. The maximum Gasteiger partial charge on any atom is 0.422 e. The second-order valence-electron chi connectivity index (χ2n) is 6.00. The van der Waals surface area contributed by atoms with E-state index in [4.69, 9.17) is 9.47 Å². The van der Waals surface area contributed by atoms with Gasteiger partial charge in [-0.1, -0.05) is 6.07 Å². The molecule has 0 spiro atoms. The fourth-order valence-electron chi connectivity index (χ4n) is 2.45. The van der Waals surface area contributed by atoms with Gasteiger partial charge in [0.25, 0.3) is 0 Å². The first-order valence-electron chi connectivity index (χ1n) is 8.91. The van der Waals surface area contributed by atoms with Crippen molar-refractivity contribution in [1.29, 1.82) is 0 Å². The van der Waals surface area contributed by atoms with Crippen LogP contribution in [0.2, 0.25) is 0 Å². The van der Waals surface area contributed by atoms with Gasteiger partial charge in [0.1, 0.15) is 11.5 Å². The SMILES string of the molecule is CN=C(NCc1cc(OC)ccc1OC(F)F)NCc1cccnc1OCC(F)(F)F. The molecule has 0 unspecified atom stereocenters. The highest BCUT2D eigenvalue weighted by molar-refractivity contribution is 5.79. The number of pyridine rings is 1. The van der Waals surface area contributed by atoms with E-state index in [2.05, 4.69) is 25.3 Å².